The Morgan fingerprint density at radius 1 is 1.20 bits per heavy atom. The Morgan fingerprint density at radius 3 is 2.67 bits per heavy atom. The SMILES string of the molecule is CCOCCCN[C@@H]1CC[C@H](C)[C@H](C)C1. The monoisotopic (exact) mass is 213 g/mol. The van der Waals surface area contributed by atoms with Gasteiger partial charge in [-0.25, -0.2) is 0 Å². The highest BCUT2D eigenvalue weighted by Gasteiger charge is 2.23. The van der Waals surface area contributed by atoms with E-state index in [2.05, 4.69) is 26.1 Å². The molecular weight excluding hydrogens is 186 g/mol. The fraction of sp³-hybridized carbons (Fsp3) is 1.00. The number of hydrogen-bond acceptors (Lipinski definition) is 2. The Labute approximate surface area is 94.8 Å². The molecule has 0 aliphatic heterocycles. The van der Waals surface area contributed by atoms with Crippen LogP contribution in [0.25, 0.3) is 0 Å². The van der Waals surface area contributed by atoms with Crippen LogP contribution in [0.2, 0.25) is 0 Å². The second-order valence-corrected chi connectivity index (χ2v) is 4.97. The van der Waals surface area contributed by atoms with Gasteiger partial charge in [-0.15, -0.1) is 0 Å². The van der Waals surface area contributed by atoms with Crippen molar-refractivity contribution in [1.82, 2.24) is 5.32 Å². The Kier molecular flexibility index (Phi) is 6.26. The molecule has 2 nitrogen and oxygen atoms in total. The molecule has 0 spiro atoms. The molecule has 3 atom stereocenters. The van der Waals surface area contributed by atoms with Crippen LogP contribution in [0.15, 0.2) is 0 Å². The zero-order chi connectivity index (χ0) is 11.1. The fourth-order valence-electron chi connectivity index (χ4n) is 2.36. The summed E-state index contributed by atoms with van der Waals surface area (Å²) in [4.78, 5) is 0. The van der Waals surface area contributed by atoms with E-state index < -0.39 is 0 Å². The average molecular weight is 213 g/mol. The molecule has 1 saturated carbocycles. The first-order valence-corrected chi connectivity index (χ1v) is 6.55. The zero-order valence-corrected chi connectivity index (χ0v) is 10.6. The summed E-state index contributed by atoms with van der Waals surface area (Å²) in [5.41, 5.74) is 0. The lowest BCUT2D eigenvalue weighted by Crippen LogP contribution is -2.36. The van der Waals surface area contributed by atoms with Gasteiger partial charge in [-0.2, -0.15) is 0 Å². The molecule has 1 rings (SSSR count). The van der Waals surface area contributed by atoms with E-state index in [-0.39, 0.29) is 0 Å². The largest absolute Gasteiger partial charge is 0.382 e. The molecule has 0 heterocycles. The highest BCUT2D eigenvalue weighted by atomic mass is 16.5. The third-order valence-electron chi connectivity index (χ3n) is 3.70. The molecule has 0 aromatic rings. The van der Waals surface area contributed by atoms with E-state index in [1.807, 2.05) is 0 Å². The lowest BCUT2D eigenvalue weighted by atomic mass is 9.79. The van der Waals surface area contributed by atoms with Crippen LogP contribution in [0.4, 0.5) is 0 Å². The molecule has 0 saturated heterocycles. The van der Waals surface area contributed by atoms with E-state index in [0.717, 1.165) is 44.1 Å². The van der Waals surface area contributed by atoms with Crippen LogP contribution >= 0.6 is 0 Å². The molecule has 1 N–H and O–H groups in total. The van der Waals surface area contributed by atoms with Gasteiger partial charge in [-0.1, -0.05) is 13.8 Å². The Bertz CT molecular complexity index is 161. The van der Waals surface area contributed by atoms with E-state index in [1.165, 1.54) is 19.3 Å². The van der Waals surface area contributed by atoms with Crippen molar-refractivity contribution in [2.24, 2.45) is 11.8 Å². The van der Waals surface area contributed by atoms with Crippen molar-refractivity contribution in [2.45, 2.75) is 52.5 Å². The van der Waals surface area contributed by atoms with Crippen LogP contribution < -0.4 is 5.32 Å². The van der Waals surface area contributed by atoms with Gasteiger partial charge in [0.2, 0.25) is 0 Å². The molecule has 15 heavy (non-hydrogen) atoms. The maximum atomic E-state index is 5.32. The summed E-state index contributed by atoms with van der Waals surface area (Å²) in [6.07, 6.45) is 5.26. The highest BCUT2D eigenvalue weighted by molar-refractivity contribution is 4.79. The van der Waals surface area contributed by atoms with Gasteiger partial charge >= 0.3 is 0 Å². The molecule has 90 valence electrons. The highest BCUT2D eigenvalue weighted by Crippen LogP contribution is 2.29. The van der Waals surface area contributed by atoms with Crippen molar-refractivity contribution in [3.8, 4) is 0 Å². The van der Waals surface area contributed by atoms with Crippen molar-refractivity contribution in [2.75, 3.05) is 19.8 Å². The number of rotatable bonds is 6. The van der Waals surface area contributed by atoms with Crippen molar-refractivity contribution in [1.29, 1.82) is 0 Å². The first-order valence-electron chi connectivity index (χ1n) is 6.55. The van der Waals surface area contributed by atoms with E-state index in [9.17, 15) is 0 Å². The van der Waals surface area contributed by atoms with Crippen LogP contribution in [-0.4, -0.2) is 25.8 Å². The Morgan fingerprint density at radius 2 is 2.00 bits per heavy atom. The van der Waals surface area contributed by atoms with Gasteiger partial charge in [0.05, 0.1) is 0 Å². The smallest absolute Gasteiger partial charge is 0.0477 e. The van der Waals surface area contributed by atoms with Crippen LogP contribution in [0.1, 0.15) is 46.5 Å². The summed E-state index contributed by atoms with van der Waals surface area (Å²) in [7, 11) is 0. The second kappa shape index (κ2) is 7.24. The fourth-order valence-corrected chi connectivity index (χ4v) is 2.36. The number of nitrogens with one attached hydrogen (secondary N) is 1. The van der Waals surface area contributed by atoms with Gasteiger partial charge in [0.15, 0.2) is 0 Å². The van der Waals surface area contributed by atoms with Crippen LogP contribution in [0, 0.1) is 11.8 Å². The van der Waals surface area contributed by atoms with Crippen LogP contribution in [-0.2, 0) is 4.74 Å². The molecule has 1 fully saturated rings. The third-order valence-corrected chi connectivity index (χ3v) is 3.70. The lowest BCUT2D eigenvalue weighted by Gasteiger charge is -2.32. The summed E-state index contributed by atoms with van der Waals surface area (Å²) < 4.78 is 5.32. The van der Waals surface area contributed by atoms with Crippen molar-refractivity contribution in [3.05, 3.63) is 0 Å². The standard InChI is InChI=1S/C13H27NO/c1-4-15-9-5-8-14-13-7-6-11(2)12(3)10-13/h11-14H,4-10H2,1-3H3/t11-,12+,13+/m0/s1. The van der Waals surface area contributed by atoms with Gasteiger partial charge in [0.1, 0.15) is 0 Å². The topological polar surface area (TPSA) is 21.3 Å². The molecule has 1 aliphatic rings. The van der Waals surface area contributed by atoms with Gasteiger partial charge in [-0.3, -0.25) is 0 Å². The van der Waals surface area contributed by atoms with Gasteiger partial charge in [-0.05, 0) is 51.0 Å². The average Bonchev–Trinajstić information content (AvgIpc) is 2.23. The summed E-state index contributed by atoms with van der Waals surface area (Å²) in [6.45, 7) is 9.69. The minimum atomic E-state index is 0.762. The van der Waals surface area contributed by atoms with Crippen LogP contribution in [0.5, 0.6) is 0 Å². The Balaban J connectivity index is 2.02. The predicted octanol–water partition coefficient (Wildman–Crippen LogP) is 2.83. The summed E-state index contributed by atoms with van der Waals surface area (Å²) in [6, 6.07) is 0.762. The maximum Gasteiger partial charge on any atom is 0.0477 e. The summed E-state index contributed by atoms with van der Waals surface area (Å²) in [5, 5.41) is 3.65. The number of ether oxygens (including phenoxy) is 1. The zero-order valence-electron chi connectivity index (χ0n) is 10.6. The predicted molar refractivity (Wildman–Crippen MR) is 65.1 cm³/mol. The molecule has 0 aromatic carbocycles. The molecule has 0 amide bonds. The molecule has 0 radical (unpaired) electrons. The van der Waals surface area contributed by atoms with Crippen molar-refractivity contribution < 1.29 is 4.74 Å². The molecule has 0 unspecified atom stereocenters. The van der Waals surface area contributed by atoms with Gasteiger partial charge < -0.3 is 10.1 Å². The summed E-state index contributed by atoms with van der Waals surface area (Å²) in [5.74, 6) is 1.81. The molecule has 0 aromatic heterocycles. The minimum Gasteiger partial charge on any atom is -0.382 e. The van der Waals surface area contributed by atoms with E-state index >= 15 is 0 Å². The molecule has 1 aliphatic carbocycles. The van der Waals surface area contributed by atoms with Crippen molar-refractivity contribution in [3.63, 3.8) is 0 Å². The van der Waals surface area contributed by atoms with E-state index in [4.69, 9.17) is 4.74 Å². The second-order valence-electron chi connectivity index (χ2n) is 4.97. The lowest BCUT2D eigenvalue weighted by molar-refractivity contribution is 0.142. The van der Waals surface area contributed by atoms with E-state index in [1.54, 1.807) is 0 Å². The molecular formula is C13H27NO. The normalized spacial score (nSPS) is 31.8. The molecule has 0 bridgehead atoms. The first kappa shape index (κ1) is 13.0. The Hall–Kier alpha value is -0.0800. The van der Waals surface area contributed by atoms with Crippen LogP contribution in [0.3, 0.4) is 0 Å². The maximum absolute atomic E-state index is 5.32. The van der Waals surface area contributed by atoms with Gasteiger partial charge in [0, 0.05) is 19.3 Å². The van der Waals surface area contributed by atoms with Crippen molar-refractivity contribution >= 4 is 0 Å². The molecule has 2 heteroatoms. The summed E-state index contributed by atoms with van der Waals surface area (Å²) >= 11 is 0. The van der Waals surface area contributed by atoms with Gasteiger partial charge in [0.25, 0.3) is 0 Å². The quantitative estimate of drug-likeness (QED) is 0.685. The van der Waals surface area contributed by atoms with E-state index in [0.29, 0.717) is 0 Å². The third kappa shape index (κ3) is 4.98. The number of hydrogen-bond donors (Lipinski definition) is 1. The minimum absolute atomic E-state index is 0.762. The first-order chi connectivity index (χ1) is 7.24.